The van der Waals surface area contributed by atoms with Crippen LogP contribution in [0.5, 0.6) is 0 Å². The van der Waals surface area contributed by atoms with E-state index in [1.807, 2.05) is 0 Å². The van der Waals surface area contributed by atoms with E-state index in [9.17, 15) is 9.59 Å². The quantitative estimate of drug-likeness (QED) is 0.370. The molecule has 20 heavy (non-hydrogen) atoms. The summed E-state index contributed by atoms with van der Waals surface area (Å²) in [5.74, 6) is -2.63. The van der Waals surface area contributed by atoms with Crippen molar-refractivity contribution in [3.63, 3.8) is 0 Å². The molecule has 8 heteroatoms. The zero-order valence-electron chi connectivity index (χ0n) is 11.3. The van der Waals surface area contributed by atoms with Crippen LogP contribution in [0.1, 0.15) is 12.8 Å². The highest BCUT2D eigenvalue weighted by Gasteiger charge is 2.17. The van der Waals surface area contributed by atoms with E-state index < -0.39 is 17.9 Å². The van der Waals surface area contributed by atoms with Crippen LogP contribution in [0.2, 0.25) is 0 Å². The third-order valence-corrected chi connectivity index (χ3v) is 2.26. The maximum atomic E-state index is 10.5. The van der Waals surface area contributed by atoms with Crippen molar-refractivity contribution in [2.75, 3.05) is 46.2 Å². The topological polar surface area (TPSA) is 123 Å². The molecule has 8 nitrogen and oxygen atoms in total. The van der Waals surface area contributed by atoms with Gasteiger partial charge in [-0.15, -0.1) is 0 Å². The number of aliphatic carboxylic acids is 2. The lowest BCUT2D eigenvalue weighted by molar-refractivity contribution is -0.141. The first kappa shape index (κ1) is 18.8. The van der Waals surface area contributed by atoms with Gasteiger partial charge in [-0.25, -0.2) is 0 Å². The fourth-order valence-corrected chi connectivity index (χ4v) is 1.44. The predicted molar refractivity (Wildman–Crippen MR) is 67.5 cm³/mol. The minimum absolute atomic E-state index is 0.0301. The molecule has 0 fully saturated rings. The number of ether oxygens (including phenoxy) is 3. The highest BCUT2D eigenvalue weighted by atomic mass is 16.5. The van der Waals surface area contributed by atoms with Crippen molar-refractivity contribution in [3.05, 3.63) is 0 Å². The van der Waals surface area contributed by atoms with Gasteiger partial charge >= 0.3 is 11.9 Å². The molecule has 0 aliphatic heterocycles. The summed E-state index contributed by atoms with van der Waals surface area (Å²) in [6.45, 7) is 1.63. The molecule has 0 saturated carbocycles. The standard InChI is InChI=1S/C12H22O8/c13-1-2-18-3-4-19-5-6-20-9-10(7-11(14)15)8-12(16)17/h10,13H,1-9H2,(H,14,15)(H,16,17). The van der Waals surface area contributed by atoms with Crippen molar-refractivity contribution >= 4 is 11.9 Å². The SMILES string of the molecule is O=C(O)CC(COCCOCCOCCO)CC(=O)O. The molecule has 3 N–H and O–H groups in total. The van der Waals surface area contributed by atoms with Gasteiger partial charge in [-0.1, -0.05) is 0 Å². The van der Waals surface area contributed by atoms with E-state index in [1.54, 1.807) is 0 Å². The van der Waals surface area contributed by atoms with Crippen LogP contribution in [-0.2, 0) is 23.8 Å². The number of hydrogen-bond donors (Lipinski definition) is 3. The average Bonchev–Trinajstić information content (AvgIpc) is 2.35. The van der Waals surface area contributed by atoms with Crippen molar-refractivity contribution < 1.29 is 39.1 Å². The molecule has 0 aliphatic rings. The molecule has 0 spiro atoms. The highest BCUT2D eigenvalue weighted by molar-refractivity contribution is 5.70. The van der Waals surface area contributed by atoms with E-state index in [0.29, 0.717) is 19.8 Å². The molecule has 0 heterocycles. The summed E-state index contributed by atoms with van der Waals surface area (Å²) in [4.78, 5) is 21.1. The van der Waals surface area contributed by atoms with Crippen LogP contribution >= 0.6 is 0 Å². The second-order valence-corrected chi connectivity index (χ2v) is 4.09. The van der Waals surface area contributed by atoms with E-state index >= 15 is 0 Å². The van der Waals surface area contributed by atoms with E-state index in [0.717, 1.165) is 0 Å². The van der Waals surface area contributed by atoms with Crippen molar-refractivity contribution in [2.24, 2.45) is 5.92 Å². The van der Waals surface area contributed by atoms with Crippen molar-refractivity contribution in [1.29, 1.82) is 0 Å². The minimum atomic E-state index is -1.04. The molecule has 0 amide bonds. The second-order valence-electron chi connectivity index (χ2n) is 4.09. The molecule has 0 saturated heterocycles. The number of carboxylic acid groups (broad SMARTS) is 2. The lowest BCUT2D eigenvalue weighted by Crippen LogP contribution is -2.19. The Morgan fingerprint density at radius 2 is 1.25 bits per heavy atom. The first-order chi connectivity index (χ1) is 9.56. The Hall–Kier alpha value is -1.22. The Labute approximate surface area is 117 Å². The molecule has 0 atom stereocenters. The van der Waals surface area contributed by atoms with Gasteiger partial charge in [0, 0.05) is 5.92 Å². The number of rotatable bonds is 14. The van der Waals surface area contributed by atoms with Crippen LogP contribution in [0.15, 0.2) is 0 Å². The van der Waals surface area contributed by atoms with Crippen LogP contribution in [0, 0.1) is 5.92 Å². The summed E-state index contributed by atoms with van der Waals surface area (Å²) in [5, 5.41) is 25.7. The minimum Gasteiger partial charge on any atom is -0.481 e. The fraction of sp³-hybridized carbons (Fsp3) is 0.833. The van der Waals surface area contributed by atoms with Gasteiger partial charge in [-0.3, -0.25) is 9.59 Å². The molecule has 0 radical (unpaired) electrons. The van der Waals surface area contributed by atoms with Crippen molar-refractivity contribution in [2.45, 2.75) is 12.8 Å². The number of carboxylic acids is 2. The Morgan fingerprint density at radius 3 is 1.70 bits per heavy atom. The summed E-state index contributed by atoms with van der Waals surface area (Å²) in [7, 11) is 0. The van der Waals surface area contributed by atoms with Crippen LogP contribution in [0.3, 0.4) is 0 Å². The van der Waals surface area contributed by atoms with Crippen LogP contribution in [-0.4, -0.2) is 73.5 Å². The summed E-state index contributed by atoms with van der Waals surface area (Å²) >= 11 is 0. The first-order valence-corrected chi connectivity index (χ1v) is 6.34. The van der Waals surface area contributed by atoms with E-state index in [4.69, 9.17) is 29.5 Å². The number of carbonyl (C=O) groups is 2. The predicted octanol–water partition coefficient (Wildman–Crippen LogP) is -0.406. The maximum absolute atomic E-state index is 10.5. The van der Waals surface area contributed by atoms with E-state index in [2.05, 4.69) is 0 Å². The second kappa shape index (κ2) is 12.8. The molecule has 118 valence electrons. The molecule has 0 aromatic rings. The summed E-state index contributed by atoms with van der Waals surface area (Å²) < 4.78 is 15.3. The average molecular weight is 294 g/mol. The number of hydrogen-bond acceptors (Lipinski definition) is 6. The van der Waals surface area contributed by atoms with E-state index in [1.165, 1.54) is 0 Å². The van der Waals surface area contributed by atoms with Gasteiger partial charge in [0.05, 0.1) is 59.1 Å². The zero-order valence-corrected chi connectivity index (χ0v) is 11.3. The van der Waals surface area contributed by atoms with Gasteiger partial charge in [0.2, 0.25) is 0 Å². The molecule has 0 aliphatic carbocycles. The van der Waals surface area contributed by atoms with Gasteiger partial charge in [-0.2, -0.15) is 0 Å². The van der Waals surface area contributed by atoms with Gasteiger partial charge in [0.25, 0.3) is 0 Å². The molecule has 0 bridgehead atoms. The molecule has 0 unspecified atom stereocenters. The Morgan fingerprint density at radius 1 is 0.800 bits per heavy atom. The Balaban J connectivity index is 3.53. The monoisotopic (exact) mass is 294 g/mol. The number of aliphatic hydroxyl groups is 1. The van der Waals surface area contributed by atoms with Crippen LogP contribution in [0.25, 0.3) is 0 Å². The van der Waals surface area contributed by atoms with Gasteiger partial charge in [0.1, 0.15) is 0 Å². The van der Waals surface area contributed by atoms with Crippen LogP contribution < -0.4 is 0 Å². The van der Waals surface area contributed by atoms with E-state index in [-0.39, 0.29) is 39.3 Å². The summed E-state index contributed by atoms with van der Waals surface area (Å²) in [6.07, 6.45) is -0.468. The largest absolute Gasteiger partial charge is 0.481 e. The third kappa shape index (κ3) is 13.2. The smallest absolute Gasteiger partial charge is 0.303 e. The van der Waals surface area contributed by atoms with Crippen molar-refractivity contribution in [3.8, 4) is 0 Å². The lowest BCUT2D eigenvalue weighted by atomic mass is 10.0. The fourth-order valence-electron chi connectivity index (χ4n) is 1.44. The van der Waals surface area contributed by atoms with Gasteiger partial charge in [-0.05, 0) is 0 Å². The Bertz CT molecular complexity index is 252. The maximum Gasteiger partial charge on any atom is 0.303 e. The van der Waals surface area contributed by atoms with Crippen molar-refractivity contribution in [1.82, 2.24) is 0 Å². The molecule has 0 aromatic heterocycles. The molecular weight excluding hydrogens is 272 g/mol. The number of aliphatic hydroxyl groups excluding tert-OH is 1. The Kier molecular flexibility index (Phi) is 12.0. The molecule has 0 rings (SSSR count). The first-order valence-electron chi connectivity index (χ1n) is 6.34. The van der Waals surface area contributed by atoms with Gasteiger partial charge < -0.3 is 29.5 Å². The third-order valence-electron chi connectivity index (χ3n) is 2.26. The lowest BCUT2D eigenvalue weighted by Gasteiger charge is -2.13. The molecular formula is C12H22O8. The normalized spacial score (nSPS) is 10.9. The zero-order chi connectivity index (χ0) is 15.2. The summed E-state index contributed by atoms with van der Waals surface area (Å²) in [5.41, 5.74) is 0. The molecule has 0 aromatic carbocycles. The summed E-state index contributed by atoms with van der Waals surface area (Å²) in [6, 6.07) is 0. The van der Waals surface area contributed by atoms with Crippen LogP contribution in [0.4, 0.5) is 0 Å². The highest BCUT2D eigenvalue weighted by Crippen LogP contribution is 2.09. The van der Waals surface area contributed by atoms with Gasteiger partial charge in [0.15, 0.2) is 0 Å².